The largest absolute Gasteiger partial charge is 0.324 e. The summed E-state index contributed by atoms with van der Waals surface area (Å²) in [4.78, 5) is 3.87. The summed E-state index contributed by atoms with van der Waals surface area (Å²) in [5.74, 6) is -0.289. The highest BCUT2D eigenvalue weighted by Gasteiger charge is 2.07. The van der Waals surface area contributed by atoms with Gasteiger partial charge < -0.3 is 10.3 Å². The van der Waals surface area contributed by atoms with Gasteiger partial charge in [0.1, 0.15) is 5.82 Å². The second kappa shape index (κ2) is 3.82. The predicted octanol–water partition coefficient (Wildman–Crippen LogP) is 2.03. The van der Waals surface area contributed by atoms with Gasteiger partial charge in [-0.2, -0.15) is 0 Å². The number of benzene rings is 1. The second-order valence-corrected chi connectivity index (χ2v) is 3.47. The Hall–Kier alpha value is -1.68. The van der Waals surface area contributed by atoms with Crippen LogP contribution in [0.1, 0.15) is 18.5 Å². The van der Waals surface area contributed by atoms with Gasteiger partial charge >= 0.3 is 0 Å². The molecule has 1 atom stereocenters. The number of imidazole rings is 1. The zero-order chi connectivity index (χ0) is 10.8. The van der Waals surface area contributed by atoms with Crippen molar-refractivity contribution in [3.05, 3.63) is 48.3 Å². The Morgan fingerprint density at radius 3 is 2.80 bits per heavy atom. The third-order valence-electron chi connectivity index (χ3n) is 2.28. The molecule has 0 aliphatic rings. The minimum Gasteiger partial charge on any atom is -0.324 e. The number of nitrogens with zero attached hydrogens (tertiary/aromatic N) is 2. The molecule has 0 saturated carbocycles. The van der Waals surface area contributed by atoms with E-state index in [1.807, 2.05) is 13.0 Å². The van der Waals surface area contributed by atoms with E-state index in [9.17, 15) is 4.39 Å². The average molecular weight is 205 g/mol. The van der Waals surface area contributed by atoms with Gasteiger partial charge in [0.15, 0.2) is 0 Å². The molecule has 0 unspecified atom stereocenters. The van der Waals surface area contributed by atoms with Gasteiger partial charge in [-0.3, -0.25) is 0 Å². The van der Waals surface area contributed by atoms with Gasteiger partial charge in [0.25, 0.3) is 0 Å². The van der Waals surface area contributed by atoms with Crippen LogP contribution in [0.5, 0.6) is 0 Å². The van der Waals surface area contributed by atoms with Crippen LogP contribution in [0.3, 0.4) is 0 Å². The lowest BCUT2D eigenvalue weighted by Gasteiger charge is -2.08. The van der Waals surface area contributed by atoms with E-state index in [1.165, 1.54) is 6.07 Å². The Morgan fingerprint density at radius 1 is 1.47 bits per heavy atom. The lowest BCUT2D eigenvalue weighted by atomic mass is 10.1. The Balaban J connectivity index is 2.44. The summed E-state index contributed by atoms with van der Waals surface area (Å²) in [6, 6.07) is 4.83. The third kappa shape index (κ3) is 1.89. The van der Waals surface area contributed by atoms with Crippen LogP contribution < -0.4 is 5.73 Å². The van der Waals surface area contributed by atoms with Crippen molar-refractivity contribution < 1.29 is 4.39 Å². The second-order valence-electron chi connectivity index (χ2n) is 3.47. The number of nitrogens with two attached hydrogens (primary N) is 1. The summed E-state index contributed by atoms with van der Waals surface area (Å²) in [5.41, 5.74) is 6.94. The first-order valence-corrected chi connectivity index (χ1v) is 4.72. The fourth-order valence-electron chi connectivity index (χ4n) is 1.42. The normalized spacial score (nSPS) is 12.7. The summed E-state index contributed by atoms with van der Waals surface area (Å²) < 4.78 is 15.3. The number of halogens is 1. The first kappa shape index (κ1) is 9.86. The molecule has 1 aromatic heterocycles. The summed E-state index contributed by atoms with van der Waals surface area (Å²) in [7, 11) is 0. The van der Waals surface area contributed by atoms with Gasteiger partial charge in [-0.1, -0.05) is 6.07 Å². The smallest absolute Gasteiger partial charge is 0.147 e. The van der Waals surface area contributed by atoms with E-state index >= 15 is 0 Å². The summed E-state index contributed by atoms with van der Waals surface area (Å²) in [5, 5.41) is 0. The van der Waals surface area contributed by atoms with Crippen molar-refractivity contribution in [1.29, 1.82) is 0 Å². The molecular formula is C11H12FN3. The van der Waals surface area contributed by atoms with Crippen LogP contribution in [0, 0.1) is 5.82 Å². The van der Waals surface area contributed by atoms with E-state index in [4.69, 9.17) is 5.73 Å². The van der Waals surface area contributed by atoms with Gasteiger partial charge in [0.2, 0.25) is 0 Å². The van der Waals surface area contributed by atoms with E-state index in [0.717, 1.165) is 5.56 Å². The zero-order valence-electron chi connectivity index (χ0n) is 8.39. The molecule has 3 nitrogen and oxygen atoms in total. The van der Waals surface area contributed by atoms with Gasteiger partial charge in [-0.05, 0) is 24.6 Å². The van der Waals surface area contributed by atoms with Crippen LogP contribution in [0.2, 0.25) is 0 Å². The van der Waals surface area contributed by atoms with Gasteiger partial charge in [0, 0.05) is 18.4 Å². The number of aromatic nitrogens is 2. The van der Waals surface area contributed by atoms with Crippen molar-refractivity contribution in [1.82, 2.24) is 9.55 Å². The van der Waals surface area contributed by atoms with Crippen molar-refractivity contribution in [3.8, 4) is 5.69 Å². The van der Waals surface area contributed by atoms with E-state index < -0.39 is 0 Å². The van der Waals surface area contributed by atoms with Crippen LogP contribution >= 0.6 is 0 Å². The molecule has 15 heavy (non-hydrogen) atoms. The maximum atomic E-state index is 13.7. The van der Waals surface area contributed by atoms with Crippen molar-refractivity contribution >= 4 is 0 Å². The molecule has 0 aliphatic carbocycles. The molecule has 1 heterocycles. The maximum Gasteiger partial charge on any atom is 0.147 e. The summed E-state index contributed by atoms with van der Waals surface area (Å²) >= 11 is 0. The molecule has 78 valence electrons. The zero-order valence-corrected chi connectivity index (χ0v) is 8.39. The van der Waals surface area contributed by atoms with E-state index in [2.05, 4.69) is 4.98 Å². The molecule has 0 amide bonds. The Kier molecular flexibility index (Phi) is 2.51. The SMILES string of the molecule is C[C@@H](N)c1ccc(-n2ccnc2)c(F)c1. The predicted molar refractivity (Wildman–Crippen MR) is 56.1 cm³/mol. The Labute approximate surface area is 87.4 Å². The molecule has 0 radical (unpaired) electrons. The van der Waals surface area contributed by atoms with Gasteiger partial charge in [-0.15, -0.1) is 0 Å². The lowest BCUT2D eigenvalue weighted by Crippen LogP contribution is -2.06. The average Bonchev–Trinajstić information content (AvgIpc) is 2.70. The van der Waals surface area contributed by atoms with E-state index in [1.54, 1.807) is 29.4 Å². The minimum atomic E-state index is -0.289. The standard InChI is InChI=1S/C11H12FN3/c1-8(13)9-2-3-11(10(12)6-9)15-5-4-14-7-15/h2-8H,13H2,1H3/t8-/m1/s1. The van der Waals surface area contributed by atoms with Crippen molar-refractivity contribution in [3.63, 3.8) is 0 Å². The molecule has 0 saturated heterocycles. The van der Waals surface area contributed by atoms with Crippen LogP contribution in [0.25, 0.3) is 5.69 Å². The molecule has 0 spiro atoms. The van der Waals surface area contributed by atoms with Crippen molar-refractivity contribution in [2.75, 3.05) is 0 Å². The Morgan fingerprint density at radius 2 is 2.27 bits per heavy atom. The quantitative estimate of drug-likeness (QED) is 0.815. The monoisotopic (exact) mass is 205 g/mol. The molecule has 4 heteroatoms. The van der Waals surface area contributed by atoms with E-state index in [-0.39, 0.29) is 11.9 Å². The van der Waals surface area contributed by atoms with Crippen LogP contribution in [-0.2, 0) is 0 Å². The molecular weight excluding hydrogens is 193 g/mol. The number of rotatable bonds is 2. The summed E-state index contributed by atoms with van der Waals surface area (Å²) in [6.07, 6.45) is 4.87. The van der Waals surface area contributed by atoms with E-state index in [0.29, 0.717) is 5.69 Å². The first-order valence-electron chi connectivity index (χ1n) is 4.72. The molecule has 0 fully saturated rings. The van der Waals surface area contributed by atoms with Gasteiger partial charge in [0.05, 0.1) is 12.0 Å². The molecule has 2 N–H and O–H groups in total. The third-order valence-corrected chi connectivity index (χ3v) is 2.28. The molecule has 2 aromatic rings. The first-order chi connectivity index (χ1) is 7.18. The topological polar surface area (TPSA) is 43.8 Å². The number of hydrogen-bond donors (Lipinski definition) is 1. The van der Waals surface area contributed by atoms with Gasteiger partial charge in [-0.25, -0.2) is 9.37 Å². The maximum absolute atomic E-state index is 13.7. The highest BCUT2D eigenvalue weighted by Crippen LogP contribution is 2.17. The van der Waals surface area contributed by atoms with Crippen molar-refractivity contribution in [2.45, 2.75) is 13.0 Å². The molecule has 2 rings (SSSR count). The summed E-state index contributed by atoms with van der Waals surface area (Å²) in [6.45, 7) is 1.83. The highest BCUT2D eigenvalue weighted by molar-refractivity contribution is 5.37. The molecule has 1 aromatic carbocycles. The fraction of sp³-hybridized carbons (Fsp3) is 0.182. The Bertz CT molecular complexity index is 449. The highest BCUT2D eigenvalue weighted by atomic mass is 19.1. The minimum absolute atomic E-state index is 0.156. The molecule has 0 aliphatic heterocycles. The lowest BCUT2D eigenvalue weighted by molar-refractivity contribution is 0.613. The van der Waals surface area contributed by atoms with Crippen LogP contribution in [0.15, 0.2) is 36.9 Å². The van der Waals surface area contributed by atoms with Crippen LogP contribution in [0.4, 0.5) is 4.39 Å². The number of hydrogen-bond acceptors (Lipinski definition) is 2. The van der Waals surface area contributed by atoms with Crippen molar-refractivity contribution in [2.24, 2.45) is 5.73 Å². The van der Waals surface area contributed by atoms with Crippen LogP contribution in [-0.4, -0.2) is 9.55 Å². The fourth-order valence-corrected chi connectivity index (χ4v) is 1.42. The molecule has 0 bridgehead atoms.